The lowest BCUT2D eigenvalue weighted by atomic mass is 10.2. The van der Waals surface area contributed by atoms with Crippen LogP contribution >= 0.6 is 23.7 Å². The number of hydrogen-bond acceptors (Lipinski definition) is 9. The van der Waals surface area contributed by atoms with Crippen molar-refractivity contribution in [1.29, 1.82) is 0 Å². The number of nitrogens with one attached hydrogen (secondary N) is 2. The average molecular weight is 634 g/mol. The molecule has 0 saturated carbocycles. The van der Waals surface area contributed by atoms with Crippen molar-refractivity contribution in [2.75, 3.05) is 38.2 Å². The van der Waals surface area contributed by atoms with Gasteiger partial charge < -0.3 is 19.7 Å². The second kappa shape index (κ2) is 13.2. The third-order valence-electron chi connectivity index (χ3n) is 7.43. The number of nitrogens with zero attached hydrogens (tertiary/aromatic N) is 5. The molecule has 3 aromatic heterocycles. The number of carbonyl (C=O) groups is 1. The minimum Gasteiger partial charge on any atom is -0.445 e. The molecule has 7 rings (SSSR count). The van der Waals surface area contributed by atoms with Gasteiger partial charge in [-0.1, -0.05) is 24.0 Å². The van der Waals surface area contributed by atoms with Crippen molar-refractivity contribution in [1.82, 2.24) is 30.0 Å². The van der Waals surface area contributed by atoms with Gasteiger partial charge in [-0.15, -0.1) is 23.7 Å². The van der Waals surface area contributed by atoms with E-state index in [9.17, 15) is 9.18 Å². The molecule has 2 atom stereocenters. The first-order valence-corrected chi connectivity index (χ1v) is 14.9. The molecule has 2 saturated heterocycles. The Kier molecular flexibility index (Phi) is 8.90. The molecule has 2 N–H and O–H groups in total. The van der Waals surface area contributed by atoms with Gasteiger partial charge in [0, 0.05) is 37.1 Å². The minimum absolute atomic E-state index is 0. The van der Waals surface area contributed by atoms with E-state index >= 15 is 0 Å². The van der Waals surface area contributed by atoms with Crippen LogP contribution in [-0.2, 0) is 16.0 Å². The van der Waals surface area contributed by atoms with Gasteiger partial charge in [-0.05, 0) is 42.0 Å². The lowest BCUT2D eigenvalue weighted by Crippen LogP contribution is -2.42. The number of thiophene rings is 1. The first-order valence-electron chi connectivity index (χ1n) is 14.1. The van der Waals surface area contributed by atoms with Crippen LogP contribution in [0, 0.1) is 17.7 Å². The molecular formula is C31H29ClFN7O3S. The van der Waals surface area contributed by atoms with Crippen molar-refractivity contribution in [3.63, 3.8) is 0 Å². The summed E-state index contributed by atoms with van der Waals surface area (Å²) >= 11 is 1.53. The second-order valence-corrected chi connectivity index (χ2v) is 11.5. The Morgan fingerprint density at radius 1 is 1.18 bits per heavy atom. The number of fused-ring (bicyclic) bond motifs is 2. The third-order valence-corrected chi connectivity index (χ3v) is 8.48. The van der Waals surface area contributed by atoms with Crippen molar-refractivity contribution in [2.24, 2.45) is 0 Å². The zero-order valence-corrected chi connectivity index (χ0v) is 25.2. The van der Waals surface area contributed by atoms with E-state index < -0.39 is 0 Å². The maximum absolute atomic E-state index is 13.6. The maximum atomic E-state index is 13.6. The summed E-state index contributed by atoms with van der Waals surface area (Å²) in [5.74, 6) is 6.98. The molecule has 226 valence electrons. The molecule has 2 aliphatic rings. The van der Waals surface area contributed by atoms with Crippen LogP contribution in [0.25, 0.3) is 21.1 Å². The number of halogens is 2. The summed E-state index contributed by atoms with van der Waals surface area (Å²) in [6, 6.07) is 14.4. The van der Waals surface area contributed by atoms with Crippen molar-refractivity contribution in [3.8, 4) is 11.8 Å². The van der Waals surface area contributed by atoms with Gasteiger partial charge in [0.05, 0.1) is 52.6 Å². The fourth-order valence-electron chi connectivity index (χ4n) is 5.27. The zero-order chi connectivity index (χ0) is 29.2. The van der Waals surface area contributed by atoms with Crippen LogP contribution in [0.5, 0.6) is 0 Å². The molecule has 0 bridgehead atoms. The summed E-state index contributed by atoms with van der Waals surface area (Å²) in [5.41, 5.74) is 3.48. The van der Waals surface area contributed by atoms with Crippen LogP contribution in [0.3, 0.4) is 0 Å². The van der Waals surface area contributed by atoms with Gasteiger partial charge in [-0.3, -0.25) is 10.00 Å². The highest BCUT2D eigenvalue weighted by molar-refractivity contribution is 7.20. The Bertz CT molecular complexity index is 1860. The van der Waals surface area contributed by atoms with Crippen molar-refractivity contribution >= 4 is 62.5 Å². The predicted octanol–water partition coefficient (Wildman–Crippen LogP) is 4.94. The molecule has 1 amide bonds. The third kappa shape index (κ3) is 6.61. The molecule has 5 aromatic rings. The largest absolute Gasteiger partial charge is 0.445 e. The Hall–Kier alpha value is -4.28. The number of ether oxygens (including phenoxy) is 2. The average Bonchev–Trinajstić information content (AvgIpc) is 3.75. The summed E-state index contributed by atoms with van der Waals surface area (Å²) in [4.78, 5) is 23.9. The van der Waals surface area contributed by atoms with Crippen LogP contribution in [0.4, 0.5) is 20.7 Å². The molecule has 0 spiro atoms. The molecule has 44 heavy (non-hydrogen) atoms. The Morgan fingerprint density at radius 3 is 2.93 bits per heavy atom. The van der Waals surface area contributed by atoms with Gasteiger partial charge in [0.1, 0.15) is 18.2 Å². The van der Waals surface area contributed by atoms with E-state index in [4.69, 9.17) is 9.47 Å². The molecule has 0 aliphatic carbocycles. The normalized spacial score (nSPS) is 18.1. The van der Waals surface area contributed by atoms with Crippen LogP contribution in [0.1, 0.15) is 16.9 Å². The number of hydrogen-bond donors (Lipinski definition) is 2. The molecule has 0 radical (unpaired) electrons. The van der Waals surface area contributed by atoms with Crippen molar-refractivity contribution in [2.45, 2.75) is 25.1 Å². The highest BCUT2D eigenvalue weighted by atomic mass is 35.5. The van der Waals surface area contributed by atoms with E-state index in [1.807, 2.05) is 35.0 Å². The fraction of sp³-hybridized carbons (Fsp3) is 0.290. The van der Waals surface area contributed by atoms with Crippen molar-refractivity contribution < 1.29 is 18.7 Å². The molecule has 2 fully saturated rings. The number of anilines is 2. The van der Waals surface area contributed by atoms with Crippen LogP contribution in [0.2, 0.25) is 0 Å². The quantitative estimate of drug-likeness (QED) is 0.262. The molecule has 2 unspecified atom stereocenters. The van der Waals surface area contributed by atoms with Gasteiger partial charge in [-0.2, -0.15) is 5.10 Å². The van der Waals surface area contributed by atoms with Crippen LogP contribution in [0.15, 0.2) is 61.1 Å². The van der Waals surface area contributed by atoms with E-state index in [0.717, 1.165) is 37.2 Å². The smallest absolute Gasteiger partial charge is 0.410 e. The highest BCUT2D eigenvalue weighted by Crippen LogP contribution is 2.31. The number of rotatable bonds is 5. The molecule has 2 aliphatic heterocycles. The Labute approximate surface area is 263 Å². The molecular weight excluding hydrogens is 605 g/mol. The number of benzene rings is 2. The monoisotopic (exact) mass is 633 g/mol. The second-order valence-electron chi connectivity index (χ2n) is 10.4. The summed E-state index contributed by atoms with van der Waals surface area (Å²) < 4.78 is 27.4. The topological polar surface area (TPSA) is 106 Å². The SMILES string of the molecule is Cl.O=C(OC1CNC(C#Cc2cc3ncnc(Nc4ccc5c(cnn5Cc5cccc(F)c5)c4)c3s2)C1)N1CCOCC1. The van der Waals surface area contributed by atoms with Gasteiger partial charge in [-0.25, -0.2) is 19.2 Å². The summed E-state index contributed by atoms with van der Waals surface area (Å²) in [6.45, 7) is 3.27. The Balaban J connectivity index is 0.00000343. The van der Waals surface area contributed by atoms with Gasteiger partial charge >= 0.3 is 6.09 Å². The minimum atomic E-state index is -0.288. The summed E-state index contributed by atoms with van der Waals surface area (Å²) in [5, 5.41) is 12.2. The van der Waals surface area contributed by atoms with Crippen LogP contribution in [-0.4, -0.2) is 75.7 Å². The lowest BCUT2D eigenvalue weighted by molar-refractivity contribution is 0.0156. The number of carbonyl (C=O) groups excluding carboxylic acids is 1. The molecule has 13 heteroatoms. The van der Waals surface area contributed by atoms with Gasteiger partial charge in [0.25, 0.3) is 0 Å². The van der Waals surface area contributed by atoms with E-state index in [1.54, 1.807) is 17.2 Å². The number of amides is 1. The van der Waals surface area contributed by atoms with E-state index in [-0.39, 0.29) is 36.5 Å². The predicted molar refractivity (Wildman–Crippen MR) is 169 cm³/mol. The highest BCUT2D eigenvalue weighted by Gasteiger charge is 2.28. The first-order chi connectivity index (χ1) is 21.1. The fourth-order valence-corrected chi connectivity index (χ4v) is 6.18. The standard InChI is InChI=1S/C31H28FN7O3S.ClH/c32-22-3-1-2-20(12-22)18-39-28-7-5-24(13-21(28)16-36-39)37-30-29-27(34-19-35-30)15-26(43-29)6-4-23-14-25(17-33-23)42-31(40)38-8-10-41-11-9-38;/h1-3,5,7,12-13,15-16,19,23,25,33H,8-11,14,17-18H2,(H,34,35,37);1H. The van der Waals surface area contributed by atoms with E-state index in [2.05, 4.69) is 37.5 Å². The summed E-state index contributed by atoms with van der Waals surface area (Å²) in [6.07, 6.45) is 3.49. The van der Waals surface area contributed by atoms with Gasteiger partial charge in [0.15, 0.2) is 5.82 Å². The van der Waals surface area contributed by atoms with E-state index in [1.165, 1.54) is 29.8 Å². The maximum Gasteiger partial charge on any atom is 0.410 e. The van der Waals surface area contributed by atoms with Gasteiger partial charge in [0.2, 0.25) is 0 Å². The molecule has 10 nitrogen and oxygen atoms in total. The zero-order valence-electron chi connectivity index (χ0n) is 23.5. The molecule has 2 aromatic carbocycles. The number of morpholine rings is 1. The lowest BCUT2D eigenvalue weighted by Gasteiger charge is -2.27. The van der Waals surface area contributed by atoms with E-state index in [0.29, 0.717) is 51.6 Å². The number of aromatic nitrogens is 4. The molecule has 5 heterocycles. The Morgan fingerprint density at radius 2 is 2.07 bits per heavy atom. The van der Waals surface area contributed by atoms with Crippen molar-refractivity contribution in [3.05, 3.63) is 77.3 Å². The van der Waals surface area contributed by atoms with Crippen LogP contribution < -0.4 is 10.6 Å². The summed E-state index contributed by atoms with van der Waals surface area (Å²) in [7, 11) is 0. The first kappa shape index (κ1) is 29.8.